The van der Waals surface area contributed by atoms with Crippen LogP contribution in [0.4, 0.5) is 4.39 Å². The highest BCUT2D eigenvalue weighted by molar-refractivity contribution is 7.15. The summed E-state index contributed by atoms with van der Waals surface area (Å²) in [6.07, 6.45) is 2.74. The Balaban J connectivity index is 1.63. The third-order valence-electron chi connectivity index (χ3n) is 4.72. The van der Waals surface area contributed by atoms with Crippen LogP contribution in [0.25, 0.3) is 22.4 Å². The van der Waals surface area contributed by atoms with E-state index in [4.69, 9.17) is 9.47 Å². The van der Waals surface area contributed by atoms with E-state index in [1.54, 1.807) is 25.3 Å². The topological polar surface area (TPSA) is 65.7 Å². The van der Waals surface area contributed by atoms with Gasteiger partial charge in [-0.25, -0.2) is 4.39 Å². The summed E-state index contributed by atoms with van der Waals surface area (Å²) in [4.78, 5) is 17.7. The van der Waals surface area contributed by atoms with E-state index in [9.17, 15) is 9.18 Å². The summed E-state index contributed by atoms with van der Waals surface area (Å²) in [5.74, 6) is 1.90. The van der Waals surface area contributed by atoms with Crippen molar-refractivity contribution < 1.29 is 13.9 Å². The maximum Gasteiger partial charge on any atom is 0.291 e. The van der Waals surface area contributed by atoms with Gasteiger partial charge in [0.1, 0.15) is 5.82 Å². The minimum absolute atomic E-state index is 0.253. The number of ether oxygens (including phenoxy) is 2. The molecule has 0 radical (unpaired) electrons. The maximum absolute atomic E-state index is 13.1. The van der Waals surface area contributed by atoms with E-state index >= 15 is 0 Å². The lowest BCUT2D eigenvalue weighted by Gasteiger charge is -2.12. The summed E-state index contributed by atoms with van der Waals surface area (Å²) >= 11 is 1.25. The van der Waals surface area contributed by atoms with Crippen molar-refractivity contribution in [2.45, 2.75) is 20.3 Å². The minimum Gasteiger partial charge on any atom is -0.493 e. The van der Waals surface area contributed by atoms with Gasteiger partial charge in [-0.15, -0.1) is 5.10 Å². The lowest BCUT2D eigenvalue weighted by atomic mass is 10.1. The van der Waals surface area contributed by atoms with Crippen molar-refractivity contribution in [2.24, 2.45) is 5.92 Å². The first-order chi connectivity index (χ1) is 14.9. The number of nitrogens with zero attached hydrogens (tertiary/aromatic N) is 3. The van der Waals surface area contributed by atoms with Gasteiger partial charge in [0, 0.05) is 5.56 Å². The molecule has 0 bridgehead atoms. The molecule has 0 atom stereocenters. The Hall–Kier alpha value is -3.26. The van der Waals surface area contributed by atoms with Crippen LogP contribution in [0, 0.1) is 11.7 Å². The van der Waals surface area contributed by atoms with E-state index < -0.39 is 0 Å². The molecule has 6 nitrogen and oxygen atoms in total. The molecule has 0 unspecified atom stereocenters. The molecule has 0 spiro atoms. The molecular formula is C23H22FN3O3S. The fourth-order valence-electron chi connectivity index (χ4n) is 3.00. The highest BCUT2D eigenvalue weighted by Gasteiger charge is 2.12. The zero-order valence-electron chi connectivity index (χ0n) is 17.5. The fourth-order valence-corrected chi connectivity index (χ4v) is 3.91. The molecule has 0 saturated carbocycles. The lowest BCUT2D eigenvalue weighted by molar-refractivity contribution is 0.273. The van der Waals surface area contributed by atoms with Crippen LogP contribution in [-0.2, 0) is 0 Å². The van der Waals surface area contributed by atoms with Crippen molar-refractivity contribution in [3.8, 4) is 22.9 Å². The van der Waals surface area contributed by atoms with Crippen LogP contribution in [0.3, 0.4) is 0 Å². The number of aromatic nitrogens is 3. The van der Waals surface area contributed by atoms with Gasteiger partial charge in [-0.05, 0) is 60.4 Å². The van der Waals surface area contributed by atoms with Gasteiger partial charge in [0.05, 0.1) is 18.2 Å². The summed E-state index contributed by atoms with van der Waals surface area (Å²) in [5, 5.41) is 4.29. The summed E-state index contributed by atoms with van der Waals surface area (Å²) in [7, 11) is 1.59. The van der Waals surface area contributed by atoms with Crippen LogP contribution in [0.5, 0.6) is 11.5 Å². The number of hydrogen-bond acceptors (Lipinski definition) is 6. The average molecular weight is 440 g/mol. The molecule has 0 aliphatic rings. The van der Waals surface area contributed by atoms with Gasteiger partial charge < -0.3 is 9.47 Å². The van der Waals surface area contributed by atoms with Gasteiger partial charge >= 0.3 is 0 Å². The van der Waals surface area contributed by atoms with Crippen LogP contribution in [0.15, 0.2) is 47.3 Å². The van der Waals surface area contributed by atoms with Gasteiger partial charge in [-0.2, -0.15) is 9.50 Å². The molecule has 160 valence electrons. The first-order valence-corrected chi connectivity index (χ1v) is 10.7. The number of methoxy groups -OCH3 is 1. The molecule has 0 fully saturated rings. The molecular weight excluding hydrogens is 417 g/mol. The molecule has 0 saturated heterocycles. The fraction of sp³-hybridized carbons (Fsp3) is 0.261. The molecule has 4 aromatic rings. The number of halogens is 1. The number of benzene rings is 2. The molecule has 31 heavy (non-hydrogen) atoms. The number of rotatable bonds is 7. The van der Waals surface area contributed by atoms with Crippen molar-refractivity contribution in [1.82, 2.24) is 14.6 Å². The summed E-state index contributed by atoms with van der Waals surface area (Å²) in [5.41, 5.74) is 1.21. The first-order valence-electron chi connectivity index (χ1n) is 9.92. The Morgan fingerprint density at radius 1 is 1.16 bits per heavy atom. The molecule has 2 aromatic heterocycles. The molecule has 8 heteroatoms. The Bertz CT molecular complexity index is 1310. The Morgan fingerprint density at radius 2 is 1.94 bits per heavy atom. The van der Waals surface area contributed by atoms with Gasteiger partial charge in [0.25, 0.3) is 5.56 Å². The molecule has 0 aliphatic carbocycles. The van der Waals surface area contributed by atoms with E-state index in [2.05, 4.69) is 23.9 Å². The summed E-state index contributed by atoms with van der Waals surface area (Å²) in [6.45, 7) is 4.91. The molecule has 2 heterocycles. The van der Waals surface area contributed by atoms with Crippen LogP contribution in [0.2, 0.25) is 0 Å². The molecule has 0 amide bonds. The maximum atomic E-state index is 13.1. The zero-order chi connectivity index (χ0) is 22.0. The second kappa shape index (κ2) is 8.85. The monoisotopic (exact) mass is 439 g/mol. The predicted molar refractivity (Wildman–Crippen MR) is 119 cm³/mol. The molecule has 0 aliphatic heterocycles. The standard InChI is InChI=1S/C23H22FN3O3S/c1-14(2)10-11-30-18-9-4-15(12-19(18)29-3)13-20-22(28)27-23(31-20)25-21(26-27)16-5-7-17(24)8-6-16/h4-9,12-14H,10-11H2,1-3H3. The van der Waals surface area contributed by atoms with Crippen LogP contribution < -0.4 is 19.6 Å². The van der Waals surface area contributed by atoms with E-state index in [0.717, 1.165) is 12.0 Å². The van der Waals surface area contributed by atoms with Gasteiger partial charge in [0.2, 0.25) is 4.96 Å². The van der Waals surface area contributed by atoms with Crippen molar-refractivity contribution in [3.63, 3.8) is 0 Å². The van der Waals surface area contributed by atoms with E-state index in [-0.39, 0.29) is 11.4 Å². The highest BCUT2D eigenvalue weighted by Crippen LogP contribution is 2.28. The van der Waals surface area contributed by atoms with Crippen LogP contribution in [-0.4, -0.2) is 28.3 Å². The Kier molecular flexibility index (Phi) is 5.99. The lowest BCUT2D eigenvalue weighted by Crippen LogP contribution is -2.23. The van der Waals surface area contributed by atoms with Gasteiger partial charge in [-0.1, -0.05) is 31.3 Å². The van der Waals surface area contributed by atoms with Crippen LogP contribution in [0.1, 0.15) is 25.8 Å². The summed E-state index contributed by atoms with van der Waals surface area (Å²) in [6, 6.07) is 11.4. The largest absolute Gasteiger partial charge is 0.493 e. The molecule has 0 N–H and O–H groups in total. The second-order valence-corrected chi connectivity index (χ2v) is 8.50. The van der Waals surface area contributed by atoms with Crippen molar-refractivity contribution in [1.29, 1.82) is 0 Å². The van der Waals surface area contributed by atoms with E-state index in [1.165, 1.54) is 28.0 Å². The average Bonchev–Trinajstić information content (AvgIpc) is 3.28. The molecule has 2 aromatic carbocycles. The van der Waals surface area contributed by atoms with E-state index in [1.807, 2.05) is 18.2 Å². The smallest absolute Gasteiger partial charge is 0.291 e. The predicted octanol–water partition coefficient (Wildman–Crippen LogP) is 3.94. The van der Waals surface area contributed by atoms with Crippen molar-refractivity contribution in [2.75, 3.05) is 13.7 Å². The van der Waals surface area contributed by atoms with Crippen molar-refractivity contribution >= 4 is 22.4 Å². The Morgan fingerprint density at radius 3 is 2.61 bits per heavy atom. The van der Waals surface area contributed by atoms with Crippen molar-refractivity contribution in [3.05, 3.63) is 68.7 Å². The third kappa shape index (κ3) is 4.59. The Labute approximate surface area is 182 Å². The first kappa shape index (κ1) is 21.0. The zero-order valence-corrected chi connectivity index (χ0v) is 18.3. The van der Waals surface area contributed by atoms with Crippen LogP contribution >= 0.6 is 11.3 Å². The van der Waals surface area contributed by atoms with E-state index in [0.29, 0.717) is 44.9 Å². The minimum atomic E-state index is -0.335. The number of thiazole rings is 1. The quantitative estimate of drug-likeness (QED) is 0.436. The van der Waals surface area contributed by atoms with Gasteiger partial charge in [-0.3, -0.25) is 4.79 Å². The number of hydrogen-bond donors (Lipinski definition) is 0. The SMILES string of the molecule is COc1cc(C=c2sc3nc(-c4ccc(F)cc4)nn3c2=O)ccc1OCCC(C)C. The number of fused-ring (bicyclic) bond motifs is 1. The molecule has 4 rings (SSSR count). The second-order valence-electron chi connectivity index (χ2n) is 7.49. The highest BCUT2D eigenvalue weighted by atomic mass is 32.1. The third-order valence-corrected chi connectivity index (χ3v) is 5.68. The summed E-state index contributed by atoms with van der Waals surface area (Å²) < 4.78 is 26.2. The van der Waals surface area contributed by atoms with Gasteiger partial charge in [0.15, 0.2) is 17.3 Å². The normalized spacial score (nSPS) is 12.1.